The van der Waals surface area contributed by atoms with Crippen LogP contribution in [0.4, 0.5) is 5.13 Å². The quantitative estimate of drug-likeness (QED) is 0.388. The van der Waals surface area contributed by atoms with E-state index in [1.807, 2.05) is 60.2 Å². The van der Waals surface area contributed by atoms with Gasteiger partial charge in [-0.1, -0.05) is 41.1 Å². The summed E-state index contributed by atoms with van der Waals surface area (Å²) in [6, 6.07) is 13.1. The summed E-state index contributed by atoms with van der Waals surface area (Å²) < 4.78 is 8.68. The number of carbonyl (C=O) groups is 1. The molecule has 0 aliphatic heterocycles. The van der Waals surface area contributed by atoms with Crippen LogP contribution in [-0.4, -0.2) is 33.6 Å². The van der Waals surface area contributed by atoms with Crippen molar-refractivity contribution in [3.05, 3.63) is 71.8 Å². The molecule has 0 N–H and O–H groups in total. The fourth-order valence-electron chi connectivity index (χ4n) is 3.10. The number of thiazole rings is 1. The van der Waals surface area contributed by atoms with Crippen LogP contribution in [0.5, 0.6) is 5.75 Å². The molecule has 1 amide bonds. The van der Waals surface area contributed by atoms with Crippen LogP contribution in [-0.2, 0) is 11.3 Å². The van der Waals surface area contributed by atoms with E-state index in [9.17, 15) is 4.79 Å². The number of halogens is 1. The third-order valence-corrected chi connectivity index (χ3v) is 6.18. The number of anilines is 1. The zero-order valence-electron chi connectivity index (χ0n) is 16.5. The second-order valence-corrected chi connectivity index (χ2v) is 8.23. The van der Waals surface area contributed by atoms with Crippen molar-refractivity contribution in [1.82, 2.24) is 14.5 Å². The van der Waals surface area contributed by atoms with Crippen LogP contribution in [0.15, 0.2) is 61.2 Å². The topological polar surface area (TPSA) is 60.2 Å². The number of amides is 1. The molecular formula is C22H21ClN4O2S. The molecule has 0 saturated heterocycles. The van der Waals surface area contributed by atoms with E-state index >= 15 is 0 Å². The van der Waals surface area contributed by atoms with Gasteiger partial charge in [-0.15, -0.1) is 0 Å². The minimum Gasteiger partial charge on any atom is -0.484 e. The Hall–Kier alpha value is -2.90. The van der Waals surface area contributed by atoms with Gasteiger partial charge >= 0.3 is 0 Å². The monoisotopic (exact) mass is 440 g/mol. The smallest absolute Gasteiger partial charge is 0.266 e. The van der Waals surface area contributed by atoms with Gasteiger partial charge in [0, 0.05) is 30.5 Å². The largest absolute Gasteiger partial charge is 0.484 e. The maximum atomic E-state index is 13.1. The lowest BCUT2D eigenvalue weighted by atomic mass is 10.2. The number of para-hydroxylation sites is 1. The Morgan fingerprint density at radius 3 is 2.83 bits per heavy atom. The molecule has 0 fully saturated rings. The Morgan fingerprint density at radius 2 is 2.07 bits per heavy atom. The number of imidazole rings is 1. The third kappa shape index (κ3) is 4.63. The minimum atomic E-state index is -0.132. The predicted molar refractivity (Wildman–Crippen MR) is 121 cm³/mol. The van der Waals surface area contributed by atoms with Crippen LogP contribution in [0.1, 0.15) is 12.0 Å². The van der Waals surface area contributed by atoms with Gasteiger partial charge in [0.25, 0.3) is 5.91 Å². The lowest BCUT2D eigenvalue weighted by Crippen LogP contribution is -2.36. The van der Waals surface area contributed by atoms with Crippen molar-refractivity contribution in [3.63, 3.8) is 0 Å². The number of aromatic nitrogens is 3. The molecule has 0 saturated carbocycles. The normalized spacial score (nSPS) is 11.0. The molecule has 0 spiro atoms. The summed E-state index contributed by atoms with van der Waals surface area (Å²) in [5.74, 6) is 0.531. The van der Waals surface area contributed by atoms with Gasteiger partial charge in [-0.05, 0) is 43.2 Å². The van der Waals surface area contributed by atoms with Gasteiger partial charge in [-0.25, -0.2) is 9.97 Å². The molecule has 2 aromatic heterocycles. The zero-order chi connectivity index (χ0) is 20.9. The van der Waals surface area contributed by atoms with Gasteiger partial charge in [0.2, 0.25) is 0 Å². The van der Waals surface area contributed by atoms with Crippen molar-refractivity contribution in [3.8, 4) is 5.75 Å². The first-order valence-corrected chi connectivity index (χ1v) is 10.8. The molecule has 2 heterocycles. The summed E-state index contributed by atoms with van der Waals surface area (Å²) in [6.45, 7) is 3.18. The zero-order valence-corrected chi connectivity index (χ0v) is 18.1. The van der Waals surface area contributed by atoms with Gasteiger partial charge in [-0.3, -0.25) is 9.69 Å². The highest BCUT2D eigenvalue weighted by molar-refractivity contribution is 7.22. The predicted octanol–water partition coefficient (Wildman–Crippen LogP) is 4.96. The molecule has 0 bridgehead atoms. The van der Waals surface area contributed by atoms with Crippen LogP contribution < -0.4 is 9.64 Å². The average molecular weight is 441 g/mol. The van der Waals surface area contributed by atoms with Crippen molar-refractivity contribution in [2.75, 3.05) is 18.1 Å². The van der Waals surface area contributed by atoms with E-state index in [2.05, 4.69) is 4.98 Å². The lowest BCUT2D eigenvalue weighted by Gasteiger charge is -2.20. The van der Waals surface area contributed by atoms with Crippen molar-refractivity contribution in [2.24, 2.45) is 0 Å². The van der Waals surface area contributed by atoms with Gasteiger partial charge in [0.05, 0.1) is 16.5 Å². The number of benzene rings is 2. The van der Waals surface area contributed by atoms with E-state index in [0.29, 0.717) is 22.4 Å². The molecule has 8 heteroatoms. The maximum absolute atomic E-state index is 13.1. The van der Waals surface area contributed by atoms with Crippen molar-refractivity contribution < 1.29 is 9.53 Å². The van der Waals surface area contributed by atoms with E-state index in [-0.39, 0.29) is 12.5 Å². The maximum Gasteiger partial charge on any atom is 0.266 e. The first-order chi connectivity index (χ1) is 14.6. The van der Waals surface area contributed by atoms with Crippen molar-refractivity contribution in [1.29, 1.82) is 0 Å². The van der Waals surface area contributed by atoms with Crippen LogP contribution >= 0.6 is 22.9 Å². The van der Waals surface area contributed by atoms with Crippen LogP contribution in [0, 0.1) is 6.92 Å². The molecule has 30 heavy (non-hydrogen) atoms. The van der Waals surface area contributed by atoms with E-state index in [1.54, 1.807) is 17.4 Å². The standard InChI is InChI=1S/C22H21ClN4O2S/c1-16-18(23)8-9-19-21(16)25-22(30-19)27(12-5-11-26-13-10-24-15-26)20(28)14-29-17-6-3-2-4-7-17/h2-4,6-10,13,15H,5,11-12,14H2,1H3. The number of carbonyl (C=O) groups excluding carboxylic acids is 1. The van der Waals surface area contributed by atoms with E-state index in [0.717, 1.165) is 28.7 Å². The molecule has 6 nitrogen and oxygen atoms in total. The molecule has 4 aromatic rings. The van der Waals surface area contributed by atoms with E-state index in [1.165, 1.54) is 11.3 Å². The number of aryl methyl sites for hydroxylation is 2. The SMILES string of the molecule is Cc1c(Cl)ccc2sc(N(CCCn3ccnc3)C(=O)COc3ccccc3)nc12. The second-order valence-electron chi connectivity index (χ2n) is 6.82. The molecule has 0 aliphatic rings. The average Bonchev–Trinajstić information content (AvgIpc) is 3.43. The third-order valence-electron chi connectivity index (χ3n) is 4.73. The Balaban J connectivity index is 1.54. The van der Waals surface area contributed by atoms with Gasteiger partial charge in [0.15, 0.2) is 11.7 Å². The molecule has 0 aliphatic carbocycles. The summed E-state index contributed by atoms with van der Waals surface area (Å²) in [4.78, 5) is 23.6. The van der Waals surface area contributed by atoms with Gasteiger partial charge in [0.1, 0.15) is 5.75 Å². The fourth-order valence-corrected chi connectivity index (χ4v) is 4.32. The second kappa shape index (κ2) is 9.28. The number of nitrogens with zero attached hydrogens (tertiary/aromatic N) is 4. The molecule has 0 unspecified atom stereocenters. The first kappa shape index (κ1) is 20.4. The van der Waals surface area contributed by atoms with Crippen LogP contribution in [0.2, 0.25) is 5.02 Å². The first-order valence-electron chi connectivity index (χ1n) is 9.61. The molecule has 2 aromatic carbocycles. The van der Waals surface area contributed by atoms with Gasteiger partial charge < -0.3 is 9.30 Å². The van der Waals surface area contributed by atoms with Crippen LogP contribution in [0.3, 0.4) is 0 Å². The molecule has 154 valence electrons. The summed E-state index contributed by atoms with van der Waals surface area (Å²) >= 11 is 7.74. The molecular weight excluding hydrogens is 420 g/mol. The van der Waals surface area contributed by atoms with Crippen LogP contribution in [0.25, 0.3) is 10.2 Å². The fraction of sp³-hybridized carbons (Fsp3) is 0.227. The van der Waals surface area contributed by atoms with Crippen molar-refractivity contribution >= 4 is 44.2 Å². The highest BCUT2D eigenvalue weighted by Gasteiger charge is 2.21. The van der Waals surface area contributed by atoms with E-state index in [4.69, 9.17) is 21.3 Å². The molecule has 4 rings (SSSR count). The molecule has 0 atom stereocenters. The number of rotatable bonds is 8. The Kier molecular flexibility index (Phi) is 6.30. The number of fused-ring (bicyclic) bond motifs is 1. The van der Waals surface area contributed by atoms with Gasteiger partial charge in [-0.2, -0.15) is 0 Å². The summed E-state index contributed by atoms with van der Waals surface area (Å²) in [5, 5.41) is 1.33. The van der Waals surface area contributed by atoms with E-state index < -0.39 is 0 Å². The highest BCUT2D eigenvalue weighted by Crippen LogP contribution is 2.33. The number of hydrogen-bond acceptors (Lipinski definition) is 5. The summed E-state index contributed by atoms with van der Waals surface area (Å²) in [7, 11) is 0. The Morgan fingerprint density at radius 1 is 1.23 bits per heavy atom. The highest BCUT2D eigenvalue weighted by atomic mass is 35.5. The summed E-state index contributed by atoms with van der Waals surface area (Å²) in [6.07, 6.45) is 6.20. The summed E-state index contributed by atoms with van der Waals surface area (Å²) in [5.41, 5.74) is 1.75. The Bertz CT molecular complexity index is 1130. The lowest BCUT2D eigenvalue weighted by molar-refractivity contribution is -0.120. The number of ether oxygens (including phenoxy) is 1. The number of hydrogen-bond donors (Lipinski definition) is 0. The Labute approximate surface area is 183 Å². The van der Waals surface area contributed by atoms with Crippen molar-refractivity contribution in [2.45, 2.75) is 19.9 Å². The molecule has 0 radical (unpaired) electrons. The minimum absolute atomic E-state index is 0.0508.